The summed E-state index contributed by atoms with van der Waals surface area (Å²) in [6, 6.07) is 9.35. The van der Waals surface area contributed by atoms with E-state index >= 15 is 0 Å². The van der Waals surface area contributed by atoms with Crippen LogP contribution in [0.3, 0.4) is 0 Å². The largest absolute Gasteiger partial charge is 0.455 e. The number of rotatable bonds is 6. The zero-order valence-electron chi connectivity index (χ0n) is 10.9. The van der Waals surface area contributed by atoms with Crippen molar-refractivity contribution >= 4 is 11.9 Å². The molecule has 4 heteroatoms. The van der Waals surface area contributed by atoms with E-state index < -0.39 is 11.9 Å². The van der Waals surface area contributed by atoms with Crippen molar-refractivity contribution in [2.24, 2.45) is 0 Å². The zero-order chi connectivity index (χ0) is 14.1. The van der Waals surface area contributed by atoms with Crippen molar-refractivity contribution in [1.82, 2.24) is 5.32 Å². The standard InChI is InChI=1S/C15H17NO3/c1-3-10-16-14(17)11-19-15(18)13(4-2)12-8-6-5-7-9-12/h1,5-9,13H,4,10-11H2,2H3,(H,16,17)/t13-/m0/s1. The number of terminal acetylenes is 1. The fraction of sp³-hybridized carbons (Fsp3) is 0.333. The van der Waals surface area contributed by atoms with E-state index in [1.165, 1.54) is 0 Å². The first-order valence-electron chi connectivity index (χ1n) is 6.10. The van der Waals surface area contributed by atoms with Crippen LogP contribution in [0.25, 0.3) is 0 Å². The smallest absolute Gasteiger partial charge is 0.313 e. The number of nitrogens with one attached hydrogen (secondary N) is 1. The Kier molecular flexibility index (Phi) is 6.17. The number of hydrogen-bond acceptors (Lipinski definition) is 3. The minimum absolute atomic E-state index is 0.131. The van der Waals surface area contributed by atoms with Crippen molar-refractivity contribution in [2.75, 3.05) is 13.2 Å². The van der Waals surface area contributed by atoms with E-state index in [1.54, 1.807) is 0 Å². The van der Waals surface area contributed by atoms with Crippen molar-refractivity contribution in [3.8, 4) is 12.3 Å². The van der Waals surface area contributed by atoms with E-state index in [0.29, 0.717) is 6.42 Å². The summed E-state index contributed by atoms with van der Waals surface area (Å²) >= 11 is 0. The first-order chi connectivity index (χ1) is 9.19. The molecule has 4 nitrogen and oxygen atoms in total. The third-order valence-corrected chi connectivity index (χ3v) is 2.63. The maximum Gasteiger partial charge on any atom is 0.313 e. The highest BCUT2D eigenvalue weighted by atomic mass is 16.5. The zero-order valence-corrected chi connectivity index (χ0v) is 10.9. The third-order valence-electron chi connectivity index (χ3n) is 2.63. The summed E-state index contributed by atoms with van der Waals surface area (Å²) in [5.41, 5.74) is 0.888. The Labute approximate surface area is 113 Å². The minimum atomic E-state index is -0.399. The monoisotopic (exact) mass is 259 g/mol. The Morgan fingerprint density at radius 3 is 2.63 bits per heavy atom. The van der Waals surface area contributed by atoms with E-state index in [9.17, 15) is 9.59 Å². The molecule has 0 heterocycles. The van der Waals surface area contributed by atoms with Crippen LogP contribution in [0.4, 0.5) is 0 Å². The van der Waals surface area contributed by atoms with Gasteiger partial charge in [0, 0.05) is 0 Å². The van der Waals surface area contributed by atoms with Gasteiger partial charge in [0.05, 0.1) is 12.5 Å². The molecule has 1 N–H and O–H groups in total. The van der Waals surface area contributed by atoms with Gasteiger partial charge in [-0.25, -0.2) is 0 Å². The number of esters is 1. The minimum Gasteiger partial charge on any atom is -0.455 e. The molecule has 0 aromatic heterocycles. The molecule has 0 aliphatic heterocycles. The molecule has 0 saturated heterocycles. The molecule has 100 valence electrons. The lowest BCUT2D eigenvalue weighted by Crippen LogP contribution is -2.30. The third kappa shape index (κ3) is 4.84. The molecule has 1 aromatic rings. The van der Waals surface area contributed by atoms with Gasteiger partial charge in [0.15, 0.2) is 6.61 Å². The summed E-state index contributed by atoms with van der Waals surface area (Å²) in [7, 11) is 0. The Hall–Kier alpha value is -2.28. The summed E-state index contributed by atoms with van der Waals surface area (Å²) in [5.74, 6) is 1.14. The fourth-order valence-corrected chi connectivity index (χ4v) is 1.66. The Bertz CT molecular complexity index is 462. The van der Waals surface area contributed by atoms with Gasteiger partial charge >= 0.3 is 5.97 Å². The van der Waals surface area contributed by atoms with Crippen molar-refractivity contribution in [1.29, 1.82) is 0 Å². The second kappa shape index (κ2) is 7.93. The van der Waals surface area contributed by atoms with Crippen molar-refractivity contribution in [3.05, 3.63) is 35.9 Å². The number of carbonyl (C=O) groups is 2. The second-order valence-corrected chi connectivity index (χ2v) is 3.96. The van der Waals surface area contributed by atoms with Crippen LogP contribution in [0, 0.1) is 12.3 Å². The molecule has 0 aliphatic rings. The highest BCUT2D eigenvalue weighted by Gasteiger charge is 2.20. The average molecular weight is 259 g/mol. The summed E-state index contributed by atoms with van der Waals surface area (Å²) in [6.45, 7) is 1.73. The van der Waals surface area contributed by atoms with Gasteiger partial charge in [-0.2, -0.15) is 0 Å². The van der Waals surface area contributed by atoms with Crippen LogP contribution >= 0.6 is 0 Å². The highest BCUT2D eigenvalue weighted by molar-refractivity contribution is 5.83. The number of amides is 1. The molecule has 0 aliphatic carbocycles. The van der Waals surface area contributed by atoms with Crippen molar-refractivity contribution < 1.29 is 14.3 Å². The van der Waals surface area contributed by atoms with Gasteiger partial charge < -0.3 is 10.1 Å². The summed E-state index contributed by atoms with van der Waals surface area (Å²) in [6.07, 6.45) is 5.63. The Balaban J connectivity index is 2.52. The maximum atomic E-state index is 11.9. The Morgan fingerprint density at radius 2 is 2.05 bits per heavy atom. The first kappa shape index (κ1) is 14.8. The fourth-order valence-electron chi connectivity index (χ4n) is 1.66. The molecule has 0 spiro atoms. The van der Waals surface area contributed by atoms with E-state index in [2.05, 4.69) is 11.2 Å². The lowest BCUT2D eigenvalue weighted by Gasteiger charge is -2.14. The molecule has 0 bridgehead atoms. The van der Waals surface area contributed by atoms with E-state index in [1.807, 2.05) is 37.3 Å². The number of hydrogen-bond donors (Lipinski definition) is 1. The van der Waals surface area contributed by atoms with Crippen LogP contribution < -0.4 is 5.32 Å². The predicted octanol–water partition coefficient (Wildman–Crippen LogP) is 1.47. The molecule has 1 rings (SSSR count). The quantitative estimate of drug-likeness (QED) is 0.622. The SMILES string of the molecule is C#CCNC(=O)COC(=O)[C@@H](CC)c1ccccc1. The molecule has 0 radical (unpaired) electrons. The average Bonchev–Trinajstić information content (AvgIpc) is 2.45. The second-order valence-electron chi connectivity index (χ2n) is 3.96. The van der Waals surface area contributed by atoms with Gasteiger partial charge in [-0.05, 0) is 12.0 Å². The molecule has 1 amide bonds. The lowest BCUT2D eigenvalue weighted by atomic mass is 9.97. The van der Waals surface area contributed by atoms with E-state index in [0.717, 1.165) is 5.56 Å². The normalized spacial score (nSPS) is 11.2. The van der Waals surface area contributed by atoms with Crippen LogP contribution in [0.1, 0.15) is 24.8 Å². The van der Waals surface area contributed by atoms with Crippen LogP contribution in [0.2, 0.25) is 0 Å². The van der Waals surface area contributed by atoms with Crippen LogP contribution in [0.5, 0.6) is 0 Å². The molecule has 0 unspecified atom stereocenters. The van der Waals surface area contributed by atoms with Gasteiger partial charge in [0.1, 0.15) is 0 Å². The number of benzene rings is 1. The first-order valence-corrected chi connectivity index (χ1v) is 6.10. The van der Waals surface area contributed by atoms with Crippen LogP contribution in [-0.2, 0) is 14.3 Å². The van der Waals surface area contributed by atoms with Crippen molar-refractivity contribution in [3.63, 3.8) is 0 Å². The van der Waals surface area contributed by atoms with Gasteiger partial charge in [0.25, 0.3) is 5.91 Å². The molecular formula is C15H17NO3. The summed E-state index contributed by atoms with van der Waals surface area (Å²) in [5, 5.41) is 2.43. The molecule has 1 aromatic carbocycles. The lowest BCUT2D eigenvalue weighted by molar-refractivity contribution is -0.150. The van der Waals surface area contributed by atoms with E-state index in [-0.39, 0.29) is 19.1 Å². The maximum absolute atomic E-state index is 11.9. The van der Waals surface area contributed by atoms with E-state index in [4.69, 9.17) is 11.2 Å². The van der Waals surface area contributed by atoms with Gasteiger partial charge in [-0.3, -0.25) is 9.59 Å². The topological polar surface area (TPSA) is 55.4 Å². The highest BCUT2D eigenvalue weighted by Crippen LogP contribution is 2.20. The Morgan fingerprint density at radius 1 is 1.37 bits per heavy atom. The molecule has 0 fully saturated rings. The van der Waals surface area contributed by atoms with Crippen LogP contribution in [0.15, 0.2) is 30.3 Å². The van der Waals surface area contributed by atoms with Gasteiger partial charge in [-0.1, -0.05) is 43.2 Å². The number of ether oxygens (including phenoxy) is 1. The summed E-state index contributed by atoms with van der Waals surface area (Å²) in [4.78, 5) is 23.2. The molecular weight excluding hydrogens is 242 g/mol. The molecule has 0 saturated carbocycles. The van der Waals surface area contributed by atoms with Gasteiger partial charge in [0.2, 0.25) is 0 Å². The van der Waals surface area contributed by atoms with Crippen LogP contribution in [-0.4, -0.2) is 25.0 Å². The number of carbonyl (C=O) groups excluding carboxylic acids is 2. The predicted molar refractivity (Wildman–Crippen MR) is 72.3 cm³/mol. The molecule has 19 heavy (non-hydrogen) atoms. The van der Waals surface area contributed by atoms with Gasteiger partial charge in [-0.15, -0.1) is 6.42 Å². The van der Waals surface area contributed by atoms with Crippen molar-refractivity contribution in [2.45, 2.75) is 19.3 Å². The molecule has 1 atom stereocenters. The summed E-state index contributed by atoms with van der Waals surface area (Å²) < 4.78 is 4.99.